The summed E-state index contributed by atoms with van der Waals surface area (Å²) in [4.78, 5) is 34.5. The number of para-hydroxylation sites is 1. The first-order valence-electron chi connectivity index (χ1n) is 9.90. The van der Waals surface area contributed by atoms with E-state index in [-0.39, 0.29) is 17.9 Å². The minimum atomic E-state index is -0.499. The maximum atomic E-state index is 13.3. The van der Waals surface area contributed by atoms with Crippen LogP contribution in [0.15, 0.2) is 52.9 Å². The zero-order valence-corrected chi connectivity index (χ0v) is 19.4. The highest BCUT2D eigenvalue weighted by Crippen LogP contribution is 2.30. The van der Waals surface area contributed by atoms with Gasteiger partial charge in [-0.15, -0.1) is 17.9 Å². The van der Waals surface area contributed by atoms with Gasteiger partial charge >= 0.3 is 0 Å². The molecule has 0 aliphatic carbocycles. The molecule has 0 radical (unpaired) electrons. The van der Waals surface area contributed by atoms with Gasteiger partial charge in [0, 0.05) is 23.7 Å². The number of rotatable bonds is 8. The van der Waals surface area contributed by atoms with E-state index in [4.69, 9.17) is 10.2 Å². The van der Waals surface area contributed by atoms with Gasteiger partial charge in [-0.25, -0.2) is 4.98 Å². The quantitative estimate of drug-likeness (QED) is 0.281. The lowest BCUT2D eigenvalue weighted by Crippen LogP contribution is -2.37. The number of benzene rings is 1. The summed E-state index contributed by atoms with van der Waals surface area (Å²) in [5.74, 6) is -0.135. The summed E-state index contributed by atoms with van der Waals surface area (Å²) in [5.41, 5.74) is 1.58. The van der Waals surface area contributed by atoms with Gasteiger partial charge < -0.3 is 4.90 Å². The van der Waals surface area contributed by atoms with Crippen molar-refractivity contribution < 1.29 is 4.79 Å². The van der Waals surface area contributed by atoms with E-state index < -0.39 is 5.25 Å². The molecular weight excluding hydrogens is 428 g/mol. The van der Waals surface area contributed by atoms with Crippen LogP contribution in [0.2, 0.25) is 0 Å². The molecule has 0 saturated carbocycles. The fourth-order valence-electron chi connectivity index (χ4n) is 3.25. The molecule has 1 atom stereocenters. The van der Waals surface area contributed by atoms with Gasteiger partial charge in [0.25, 0.3) is 5.56 Å². The number of carbonyl (C=O) groups excluding carboxylic acids is 1. The molecule has 6 nitrogen and oxygen atoms in total. The van der Waals surface area contributed by atoms with Crippen LogP contribution in [0.1, 0.15) is 23.8 Å². The predicted octanol–water partition coefficient (Wildman–Crippen LogP) is 4.69. The second-order valence-electron chi connectivity index (χ2n) is 7.06. The van der Waals surface area contributed by atoms with E-state index in [1.54, 1.807) is 22.5 Å². The number of nitriles is 1. The van der Waals surface area contributed by atoms with Gasteiger partial charge in [-0.3, -0.25) is 14.2 Å². The molecule has 1 unspecified atom stereocenters. The standard InChI is InChI=1S/C23H24N4O2S2/c1-5-13-27-22(29)19-15(2)16(3)30-20(19)25-23(27)31-17(4)21(28)26(14-9-12-24)18-10-7-6-8-11-18/h5-8,10-11,17H,1,9,13-14H2,2-4H3. The number of anilines is 1. The number of thioether (sulfide) groups is 1. The molecular formula is C23H24N4O2S2. The van der Waals surface area contributed by atoms with Gasteiger partial charge in [-0.05, 0) is 38.5 Å². The van der Waals surface area contributed by atoms with Crippen molar-refractivity contribution in [2.45, 2.75) is 44.1 Å². The average Bonchev–Trinajstić information content (AvgIpc) is 3.05. The highest BCUT2D eigenvalue weighted by atomic mass is 32.2. The Morgan fingerprint density at radius 1 is 1.39 bits per heavy atom. The third kappa shape index (κ3) is 4.73. The number of hydrogen-bond acceptors (Lipinski definition) is 6. The SMILES string of the molecule is C=CCn1c(SC(C)C(=O)N(CCC#N)c2ccccc2)nc2sc(C)c(C)c2c1=O. The van der Waals surface area contributed by atoms with Crippen LogP contribution in [-0.2, 0) is 11.3 Å². The Balaban J connectivity index is 1.97. The fraction of sp³-hybridized carbons (Fsp3) is 0.304. The van der Waals surface area contributed by atoms with E-state index in [2.05, 4.69) is 12.6 Å². The van der Waals surface area contributed by atoms with Crippen molar-refractivity contribution in [1.82, 2.24) is 9.55 Å². The van der Waals surface area contributed by atoms with Crippen molar-refractivity contribution in [3.8, 4) is 6.07 Å². The maximum absolute atomic E-state index is 13.3. The van der Waals surface area contributed by atoms with Crippen molar-refractivity contribution in [2.75, 3.05) is 11.4 Å². The second kappa shape index (κ2) is 9.94. The lowest BCUT2D eigenvalue weighted by molar-refractivity contribution is -0.117. The Morgan fingerprint density at radius 3 is 2.74 bits per heavy atom. The highest BCUT2D eigenvalue weighted by molar-refractivity contribution is 8.00. The number of aryl methyl sites for hydroxylation is 2. The zero-order chi connectivity index (χ0) is 22.5. The first-order chi connectivity index (χ1) is 14.9. The van der Waals surface area contributed by atoms with Gasteiger partial charge in [-0.2, -0.15) is 5.26 Å². The zero-order valence-electron chi connectivity index (χ0n) is 17.8. The van der Waals surface area contributed by atoms with Crippen molar-refractivity contribution in [3.05, 3.63) is 63.8 Å². The monoisotopic (exact) mass is 452 g/mol. The van der Waals surface area contributed by atoms with Crippen LogP contribution in [0.5, 0.6) is 0 Å². The van der Waals surface area contributed by atoms with Crippen LogP contribution in [0.25, 0.3) is 10.2 Å². The van der Waals surface area contributed by atoms with Gasteiger partial charge in [-0.1, -0.05) is 36.0 Å². The maximum Gasteiger partial charge on any atom is 0.263 e. The van der Waals surface area contributed by atoms with Crippen LogP contribution >= 0.6 is 23.1 Å². The summed E-state index contributed by atoms with van der Waals surface area (Å²) in [6, 6.07) is 11.4. The van der Waals surface area contributed by atoms with E-state index in [9.17, 15) is 9.59 Å². The first kappa shape index (κ1) is 22.8. The second-order valence-corrected chi connectivity index (χ2v) is 9.57. The fourth-order valence-corrected chi connectivity index (χ4v) is 5.30. The third-order valence-electron chi connectivity index (χ3n) is 4.98. The Kier molecular flexibility index (Phi) is 7.31. The normalized spacial score (nSPS) is 11.8. The molecule has 0 aliphatic rings. The van der Waals surface area contributed by atoms with Crippen LogP contribution < -0.4 is 10.5 Å². The van der Waals surface area contributed by atoms with Gasteiger partial charge in [0.2, 0.25) is 5.91 Å². The minimum Gasteiger partial charge on any atom is -0.310 e. The van der Waals surface area contributed by atoms with E-state index in [0.717, 1.165) is 16.1 Å². The van der Waals surface area contributed by atoms with Crippen LogP contribution in [0.3, 0.4) is 0 Å². The number of allylic oxidation sites excluding steroid dienone is 1. The molecule has 2 aromatic heterocycles. The van der Waals surface area contributed by atoms with Crippen molar-refractivity contribution in [3.63, 3.8) is 0 Å². The summed E-state index contributed by atoms with van der Waals surface area (Å²) in [6.45, 7) is 10.1. The Bertz CT molecular complexity index is 1210. The highest BCUT2D eigenvalue weighted by Gasteiger charge is 2.25. The summed E-state index contributed by atoms with van der Waals surface area (Å²) < 4.78 is 1.57. The first-order valence-corrected chi connectivity index (χ1v) is 11.6. The lowest BCUT2D eigenvalue weighted by atomic mass is 10.2. The third-order valence-corrected chi connectivity index (χ3v) is 7.16. The lowest BCUT2D eigenvalue weighted by Gasteiger charge is -2.25. The number of thiophene rings is 1. The Morgan fingerprint density at radius 2 is 2.10 bits per heavy atom. The number of hydrogen-bond donors (Lipinski definition) is 0. The summed E-state index contributed by atoms with van der Waals surface area (Å²) in [6.07, 6.45) is 1.89. The van der Waals surface area contributed by atoms with E-state index in [1.165, 1.54) is 23.1 Å². The Labute approximate surface area is 189 Å². The number of nitrogens with zero attached hydrogens (tertiary/aromatic N) is 4. The number of fused-ring (bicyclic) bond motifs is 1. The molecule has 0 bridgehead atoms. The van der Waals surface area contributed by atoms with Crippen LogP contribution in [0, 0.1) is 25.2 Å². The van der Waals surface area contributed by atoms with Crippen molar-refractivity contribution in [2.24, 2.45) is 0 Å². The largest absolute Gasteiger partial charge is 0.310 e. The topological polar surface area (TPSA) is 79.0 Å². The van der Waals surface area contributed by atoms with E-state index in [1.807, 2.05) is 44.2 Å². The summed E-state index contributed by atoms with van der Waals surface area (Å²) >= 11 is 2.74. The molecule has 3 rings (SSSR count). The molecule has 0 N–H and O–H groups in total. The summed E-state index contributed by atoms with van der Waals surface area (Å²) in [7, 11) is 0. The average molecular weight is 453 g/mol. The molecule has 8 heteroatoms. The number of amides is 1. The molecule has 2 heterocycles. The van der Waals surface area contributed by atoms with Crippen molar-refractivity contribution >= 4 is 44.9 Å². The number of carbonyl (C=O) groups is 1. The molecule has 31 heavy (non-hydrogen) atoms. The molecule has 1 amide bonds. The molecule has 0 aliphatic heterocycles. The van der Waals surface area contributed by atoms with Crippen LogP contribution in [0.4, 0.5) is 5.69 Å². The molecule has 3 aromatic rings. The number of aromatic nitrogens is 2. The van der Waals surface area contributed by atoms with E-state index >= 15 is 0 Å². The molecule has 0 fully saturated rings. The van der Waals surface area contributed by atoms with Gasteiger partial charge in [0.15, 0.2) is 5.16 Å². The van der Waals surface area contributed by atoms with Crippen molar-refractivity contribution in [1.29, 1.82) is 5.26 Å². The minimum absolute atomic E-state index is 0.113. The Hall–Kier alpha value is -2.89. The predicted molar refractivity (Wildman–Crippen MR) is 128 cm³/mol. The molecule has 160 valence electrons. The van der Waals surface area contributed by atoms with Gasteiger partial charge in [0.05, 0.1) is 23.1 Å². The van der Waals surface area contributed by atoms with Crippen LogP contribution in [-0.4, -0.2) is 27.3 Å². The van der Waals surface area contributed by atoms with E-state index in [0.29, 0.717) is 28.5 Å². The van der Waals surface area contributed by atoms with Gasteiger partial charge in [0.1, 0.15) is 4.83 Å². The smallest absolute Gasteiger partial charge is 0.263 e. The summed E-state index contributed by atoms with van der Waals surface area (Å²) in [5, 5.41) is 9.65. The molecule has 1 aromatic carbocycles. The molecule has 0 saturated heterocycles. The molecule has 0 spiro atoms.